The summed E-state index contributed by atoms with van der Waals surface area (Å²) in [7, 11) is 0. The van der Waals surface area contributed by atoms with Crippen LogP contribution < -0.4 is 0 Å². The summed E-state index contributed by atoms with van der Waals surface area (Å²) in [6.45, 7) is 4.54. The van der Waals surface area contributed by atoms with Gasteiger partial charge in [0.25, 0.3) is 0 Å². The maximum Gasteiger partial charge on any atom is 0.124 e. The maximum atomic E-state index is 13.3. The van der Waals surface area contributed by atoms with E-state index in [2.05, 4.69) is 15.9 Å². The topological polar surface area (TPSA) is 54.1 Å². The lowest BCUT2D eigenvalue weighted by molar-refractivity contribution is 0.138. The Morgan fingerprint density at radius 1 is 1.05 bits per heavy atom. The highest BCUT2D eigenvalue weighted by Crippen LogP contribution is 2.12. The monoisotopic (exact) mass is 258 g/mol. The normalized spacial score (nSPS) is 16.8. The summed E-state index contributed by atoms with van der Waals surface area (Å²) < 4.78 is 13.3. The quantitative estimate of drug-likeness (QED) is 0.768. The van der Waals surface area contributed by atoms with E-state index < -0.39 is 0 Å². The van der Waals surface area contributed by atoms with Gasteiger partial charge in [-0.05, 0) is 23.8 Å². The van der Waals surface area contributed by atoms with E-state index in [0.717, 1.165) is 31.7 Å². The maximum absolute atomic E-state index is 13.3. The standard InChI is InChI=1S/C14H15FN4/c15-14-8-12(10-17)7-13(9-14)11-19-5-3-18(2-1-16)4-6-19/h7-9H,2-6,11H2. The Morgan fingerprint density at radius 3 is 2.37 bits per heavy atom. The molecule has 0 bridgehead atoms. The third kappa shape index (κ3) is 3.75. The van der Waals surface area contributed by atoms with Gasteiger partial charge in [-0.2, -0.15) is 10.5 Å². The highest BCUT2D eigenvalue weighted by molar-refractivity contribution is 5.33. The molecule has 0 amide bonds. The number of piperazine rings is 1. The zero-order chi connectivity index (χ0) is 13.7. The molecule has 0 aliphatic carbocycles. The molecule has 0 N–H and O–H groups in total. The van der Waals surface area contributed by atoms with E-state index in [4.69, 9.17) is 10.5 Å². The van der Waals surface area contributed by atoms with Gasteiger partial charge in [-0.15, -0.1) is 0 Å². The molecule has 0 saturated carbocycles. The first-order valence-electron chi connectivity index (χ1n) is 6.22. The Morgan fingerprint density at radius 2 is 1.74 bits per heavy atom. The Kier molecular flexibility index (Phi) is 4.46. The Balaban J connectivity index is 1.94. The SMILES string of the molecule is N#CCN1CCN(Cc2cc(F)cc(C#N)c2)CC1. The van der Waals surface area contributed by atoms with Gasteiger partial charge >= 0.3 is 0 Å². The average molecular weight is 258 g/mol. The first kappa shape index (κ1) is 13.5. The van der Waals surface area contributed by atoms with Crippen molar-refractivity contribution in [3.8, 4) is 12.1 Å². The summed E-state index contributed by atoms with van der Waals surface area (Å²) in [6, 6.07) is 8.56. The fraction of sp³-hybridized carbons (Fsp3) is 0.429. The van der Waals surface area contributed by atoms with Crippen LogP contribution >= 0.6 is 0 Å². The molecule has 5 heteroatoms. The van der Waals surface area contributed by atoms with Gasteiger partial charge < -0.3 is 0 Å². The third-order valence-corrected chi connectivity index (χ3v) is 3.25. The lowest BCUT2D eigenvalue weighted by Crippen LogP contribution is -2.45. The van der Waals surface area contributed by atoms with Crippen LogP contribution in [0.1, 0.15) is 11.1 Å². The van der Waals surface area contributed by atoms with Crippen LogP contribution in [0.25, 0.3) is 0 Å². The molecule has 1 aromatic rings. The second-order valence-corrected chi connectivity index (χ2v) is 4.67. The molecule has 0 aromatic heterocycles. The zero-order valence-corrected chi connectivity index (χ0v) is 10.6. The molecule has 19 heavy (non-hydrogen) atoms. The fourth-order valence-electron chi connectivity index (χ4n) is 2.27. The van der Waals surface area contributed by atoms with Crippen molar-refractivity contribution in [2.24, 2.45) is 0 Å². The lowest BCUT2D eigenvalue weighted by atomic mass is 10.1. The number of benzene rings is 1. The van der Waals surface area contributed by atoms with Crippen LogP contribution in [0.15, 0.2) is 18.2 Å². The number of halogens is 1. The first-order valence-corrected chi connectivity index (χ1v) is 6.22. The second-order valence-electron chi connectivity index (χ2n) is 4.67. The minimum absolute atomic E-state index is 0.359. The van der Waals surface area contributed by atoms with Crippen molar-refractivity contribution < 1.29 is 4.39 Å². The smallest absolute Gasteiger partial charge is 0.124 e. The van der Waals surface area contributed by atoms with Gasteiger partial charge in [0, 0.05) is 32.7 Å². The van der Waals surface area contributed by atoms with E-state index in [1.807, 2.05) is 6.07 Å². The third-order valence-electron chi connectivity index (χ3n) is 3.25. The fourth-order valence-corrected chi connectivity index (χ4v) is 2.27. The van der Waals surface area contributed by atoms with E-state index in [1.54, 1.807) is 6.07 Å². The molecule has 1 aliphatic rings. The average Bonchev–Trinajstić information content (AvgIpc) is 2.40. The van der Waals surface area contributed by atoms with Crippen LogP contribution in [0.2, 0.25) is 0 Å². The van der Waals surface area contributed by atoms with E-state index >= 15 is 0 Å². The van der Waals surface area contributed by atoms with E-state index in [0.29, 0.717) is 18.7 Å². The molecular formula is C14H15FN4. The van der Waals surface area contributed by atoms with Crippen molar-refractivity contribution in [2.75, 3.05) is 32.7 Å². The molecule has 1 aliphatic heterocycles. The van der Waals surface area contributed by atoms with Gasteiger partial charge in [-0.1, -0.05) is 0 Å². The van der Waals surface area contributed by atoms with Crippen LogP contribution in [-0.4, -0.2) is 42.5 Å². The molecule has 2 rings (SSSR count). The Bertz CT molecular complexity index is 521. The minimum Gasteiger partial charge on any atom is -0.297 e. The molecule has 1 aromatic carbocycles. The highest BCUT2D eigenvalue weighted by atomic mass is 19.1. The number of rotatable bonds is 3. The van der Waals surface area contributed by atoms with Crippen LogP contribution in [-0.2, 0) is 6.54 Å². The van der Waals surface area contributed by atoms with Gasteiger partial charge in [-0.3, -0.25) is 9.80 Å². The van der Waals surface area contributed by atoms with Gasteiger partial charge in [0.15, 0.2) is 0 Å². The first-order chi connectivity index (χ1) is 9.21. The molecule has 1 saturated heterocycles. The van der Waals surface area contributed by atoms with E-state index in [9.17, 15) is 4.39 Å². The number of nitrogens with zero attached hydrogens (tertiary/aromatic N) is 4. The minimum atomic E-state index is -0.364. The molecule has 4 nitrogen and oxygen atoms in total. The van der Waals surface area contributed by atoms with Crippen molar-refractivity contribution in [3.63, 3.8) is 0 Å². The largest absolute Gasteiger partial charge is 0.297 e. The molecular weight excluding hydrogens is 243 g/mol. The van der Waals surface area contributed by atoms with Gasteiger partial charge in [-0.25, -0.2) is 4.39 Å². The molecule has 0 radical (unpaired) electrons. The molecule has 1 heterocycles. The van der Waals surface area contributed by atoms with Crippen LogP contribution in [0, 0.1) is 28.5 Å². The molecule has 1 fully saturated rings. The predicted octanol–water partition coefficient (Wildman–Crippen LogP) is 1.34. The summed E-state index contributed by atoms with van der Waals surface area (Å²) in [5.41, 5.74) is 1.18. The molecule has 0 spiro atoms. The van der Waals surface area contributed by atoms with Crippen molar-refractivity contribution >= 4 is 0 Å². The Hall–Kier alpha value is -1.95. The van der Waals surface area contributed by atoms with Crippen molar-refractivity contribution in [1.29, 1.82) is 10.5 Å². The summed E-state index contributed by atoms with van der Waals surface area (Å²) in [5.74, 6) is -0.364. The lowest BCUT2D eigenvalue weighted by Gasteiger charge is -2.33. The Labute approximate surface area is 112 Å². The molecule has 0 atom stereocenters. The van der Waals surface area contributed by atoms with Gasteiger partial charge in [0.1, 0.15) is 5.82 Å². The predicted molar refractivity (Wildman–Crippen MR) is 68.4 cm³/mol. The van der Waals surface area contributed by atoms with Crippen molar-refractivity contribution in [3.05, 3.63) is 35.1 Å². The van der Waals surface area contributed by atoms with Gasteiger partial charge in [0.2, 0.25) is 0 Å². The van der Waals surface area contributed by atoms with Crippen LogP contribution in [0.5, 0.6) is 0 Å². The van der Waals surface area contributed by atoms with Crippen LogP contribution in [0.3, 0.4) is 0 Å². The summed E-state index contributed by atoms with van der Waals surface area (Å²) >= 11 is 0. The zero-order valence-electron chi connectivity index (χ0n) is 10.6. The summed E-state index contributed by atoms with van der Waals surface area (Å²) in [5, 5.41) is 17.4. The highest BCUT2D eigenvalue weighted by Gasteiger charge is 2.16. The van der Waals surface area contributed by atoms with Crippen molar-refractivity contribution in [1.82, 2.24) is 9.80 Å². The summed E-state index contributed by atoms with van der Waals surface area (Å²) in [6.07, 6.45) is 0. The number of hydrogen-bond donors (Lipinski definition) is 0. The summed E-state index contributed by atoms with van der Waals surface area (Å²) in [4.78, 5) is 4.31. The second kappa shape index (κ2) is 6.29. The molecule has 0 unspecified atom stereocenters. The van der Waals surface area contributed by atoms with E-state index in [-0.39, 0.29) is 5.82 Å². The van der Waals surface area contributed by atoms with Crippen LogP contribution in [0.4, 0.5) is 4.39 Å². The van der Waals surface area contributed by atoms with E-state index in [1.165, 1.54) is 12.1 Å². The molecule has 98 valence electrons. The number of hydrogen-bond acceptors (Lipinski definition) is 4. The number of nitriles is 2. The van der Waals surface area contributed by atoms with Crippen molar-refractivity contribution in [2.45, 2.75) is 6.54 Å². The van der Waals surface area contributed by atoms with Gasteiger partial charge in [0.05, 0.1) is 24.2 Å².